The molecule has 0 saturated heterocycles. The van der Waals surface area contributed by atoms with E-state index in [1.807, 2.05) is 0 Å². The highest BCUT2D eigenvalue weighted by atomic mass is 16.5. The van der Waals surface area contributed by atoms with Gasteiger partial charge in [0.2, 0.25) is 0 Å². The molecule has 0 aromatic heterocycles. The van der Waals surface area contributed by atoms with Crippen LogP contribution in [-0.4, -0.2) is 24.6 Å². The molecule has 0 atom stereocenters. The van der Waals surface area contributed by atoms with Crippen molar-refractivity contribution in [1.29, 1.82) is 0 Å². The molecule has 0 aromatic carbocycles. The quantitative estimate of drug-likeness (QED) is 0.328. The Bertz CT molecular complexity index is 347. The zero-order valence-electron chi connectivity index (χ0n) is 7.29. The van der Waals surface area contributed by atoms with E-state index in [9.17, 15) is 14.4 Å². The van der Waals surface area contributed by atoms with Crippen LogP contribution in [0.2, 0.25) is 0 Å². The maximum atomic E-state index is 11.2. The first-order valence-electron chi connectivity index (χ1n) is 3.63. The van der Waals surface area contributed by atoms with Gasteiger partial charge in [-0.2, -0.15) is 0 Å². The number of hydrogen-bond acceptors (Lipinski definition) is 4. The van der Waals surface area contributed by atoms with Crippen LogP contribution in [0.1, 0.15) is 6.92 Å². The molecule has 0 bridgehead atoms. The van der Waals surface area contributed by atoms with Crippen LogP contribution in [0.3, 0.4) is 0 Å². The number of esters is 1. The highest BCUT2D eigenvalue weighted by molar-refractivity contribution is 6.30. The number of carbonyl (C=O) groups is 3. The maximum absolute atomic E-state index is 11.2. The lowest BCUT2D eigenvalue weighted by Crippen LogP contribution is -2.19. The molecule has 68 valence electrons. The molecule has 0 amide bonds. The van der Waals surface area contributed by atoms with E-state index in [2.05, 4.69) is 4.74 Å². The minimum absolute atomic E-state index is 0.210. The van der Waals surface area contributed by atoms with Gasteiger partial charge in [-0.1, -0.05) is 0 Å². The molecule has 1 aliphatic rings. The average molecular weight is 180 g/mol. The Morgan fingerprint density at radius 1 is 1.23 bits per heavy atom. The van der Waals surface area contributed by atoms with Crippen LogP contribution in [0.15, 0.2) is 23.3 Å². The van der Waals surface area contributed by atoms with Gasteiger partial charge >= 0.3 is 5.97 Å². The normalized spacial score (nSPS) is 16.5. The van der Waals surface area contributed by atoms with Gasteiger partial charge in [0.15, 0.2) is 11.6 Å². The summed E-state index contributed by atoms with van der Waals surface area (Å²) in [5, 5.41) is 0. The van der Waals surface area contributed by atoms with Crippen LogP contribution in [0.5, 0.6) is 0 Å². The SMILES string of the molecule is COC(=O)C1=CC(=O)C(C)=CC1=O. The van der Waals surface area contributed by atoms with Crippen LogP contribution in [0, 0.1) is 0 Å². The predicted octanol–water partition coefficient (Wildman–Crippen LogP) is 0.184. The molecule has 4 nitrogen and oxygen atoms in total. The van der Waals surface area contributed by atoms with Crippen molar-refractivity contribution in [1.82, 2.24) is 0 Å². The Balaban J connectivity index is 3.03. The lowest BCUT2D eigenvalue weighted by Gasteiger charge is -2.06. The summed E-state index contributed by atoms with van der Waals surface area (Å²) in [6, 6.07) is 0. The Morgan fingerprint density at radius 2 is 1.85 bits per heavy atom. The molecule has 0 saturated carbocycles. The molecule has 0 N–H and O–H groups in total. The standard InChI is InChI=1S/C9H8O4/c1-5-3-8(11)6(4-7(5)10)9(12)13-2/h3-4H,1-2H3. The summed E-state index contributed by atoms with van der Waals surface area (Å²) in [4.78, 5) is 33.2. The fourth-order valence-corrected chi connectivity index (χ4v) is 0.931. The Labute approximate surface area is 74.9 Å². The lowest BCUT2D eigenvalue weighted by atomic mass is 9.98. The zero-order valence-corrected chi connectivity index (χ0v) is 7.29. The average Bonchev–Trinajstić information content (AvgIpc) is 2.10. The van der Waals surface area contributed by atoms with Crippen LogP contribution >= 0.6 is 0 Å². The number of hydrogen-bond donors (Lipinski definition) is 0. The van der Waals surface area contributed by atoms with Crippen molar-refractivity contribution >= 4 is 17.5 Å². The van der Waals surface area contributed by atoms with Gasteiger partial charge in [-0.05, 0) is 13.0 Å². The highest BCUT2D eigenvalue weighted by Gasteiger charge is 2.23. The van der Waals surface area contributed by atoms with Gasteiger partial charge in [0, 0.05) is 11.6 Å². The molecule has 0 aromatic rings. The van der Waals surface area contributed by atoms with Crippen molar-refractivity contribution < 1.29 is 19.1 Å². The molecule has 13 heavy (non-hydrogen) atoms. The molecule has 1 aliphatic carbocycles. The summed E-state index contributed by atoms with van der Waals surface area (Å²) in [5.41, 5.74) is 0.121. The second kappa shape index (κ2) is 3.35. The predicted molar refractivity (Wildman–Crippen MR) is 43.9 cm³/mol. The first-order chi connectivity index (χ1) is 6.06. The summed E-state index contributed by atoms with van der Waals surface area (Å²) in [6.07, 6.45) is 2.14. The molecule has 4 heteroatoms. The number of methoxy groups -OCH3 is 1. The highest BCUT2D eigenvalue weighted by Crippen LogP contribution is 2.11. The topological polar surface area (TPSA) is 60.4 Å². The first kappa shape index (κ1) is 9.38. The van der Waals surface area contributed by atoms with Crippen LogP contribution < -0.4 is 0 Å². The van der Waals surface area contributed by atoms with Crippen LogP contribution in [0.25, 0.3) is 0 Å². The molecular formula is C9H8O4. The summed E-state index contributed by atoms with van der Waals surface area (Å²) in [6.45, 7) is 1.52. The number of rotatable bonds is 1. The monoisotopic (exact) mass is 180 g/mol. The van der Waals surface area contributed by atoms with E-state index in [1.54, 1.807) is 0 Å². The molecule has 1 rings (SSSR count). The van der Waals surface area contributed by atoms with Gasteiger partial charge in [-0.15, -0.1) is 0 Å². The Hall–Kier alpha value is -1.71. The zero-order chi connectivity index (χ0) is 10.0. The number of allylic oxidation sites excluding steroid dienone is 3. The molecule has 0 unspecified atom stereocenters. The van der Waals surface area contributed by atoms with E-state index in [1.165, 1.54) is 6.92 Å². The van der Waals surface area contributed by atoms with Crippen molar-refractivity contribution in [3.63, 3.8) is 0 Å². The number of carbonyl (C=O) groups excluding carboxylic acids is 3. The summed E-state index contributed by atoms with van der Waals surface area (Å²) >= 11 is 0. The fourth-order valence-electron chi connectivity index (χ4n) is 0.931. The third-order valence-corrected chi connectivity index (χ3v) is 1.68. The van der Waals surface area contributed by atoms with Gasteiger partial charge in [-0.3, -0.25) is 9.59 Å². The lowest BCUT2D eigenvalue weighted by molar-refractivity contribution is -0.137. The van der Waals surface area contributed by atoms with E-state index in [-0.39, 0.29) is 11.4 Å². The van der Waals surface area contributed by atoms with Gasteiger partial charge in [-0.25, -0.2) is 4.79 Å². The molecular weight excluding hydrogens is 172 g/mol. The molecule has 0 aliphatic heterocycles. The first-order valence-corrected chi connectivity index (χ1v) is 3.63. The van der Waals surface area contributed by atoms with E-state index in [4.69, 9.17) is 0 Å². The Kier molecular flexibility index (Phi) is 2.41. The van der Waals surface area contributed by atoms with Crippen molar-refractivity contribution in [2.75, 3.05) is 7.11 Å². The third kappa shape index (κ3) is 1.72. The van der Waals surface area contributed by atoms with Crippen LogP contribution in [-0.2, 0) is 19.1 Å². The third-order valence-electron chi connectivity index (χ3n) is 1.68. The minimum atomic E-state index is -0.776. The van der Waals surface area contributed by atoms with E-state index >= 15 is 0 Å². The fraction of sp³-hybridized carbons (Fsp3) is 0.222. The molecule has 0 heterocycles. The largest absolute Gasteiger partial charge is 0.465 e. The van der Waals surface area contributed by atoms with E-state index < -0.39 is 11.8 Å². The molecule has 0 fully saturated rings. The van der Waals surface area contributed by atoms with Gasteiger partial charge in [0.25, 0.3) is 0 Å². The summed E-state index contributed by atoms with van der Waals surface area (Å²) < 4.78 is 4.33. The maximum Gasteiger partial charge on any atom is 0.341 e. The van der Waals surface area contributed by atoms with Crippen molar-refractivity contribution in [2.45, 2.75) is 6.92 Å². The Morgan fingerprint density at radius 3 is 2.38 bits per heavy atom. The van der Waals surface area contributed by atoms with E-state index in [0.717, 1.165) is 19.3 Å². The van der Waals surface area contributed by atoms with Crippen molar-refractivity contribution in [3.05, 3.63) is 23.3 Å². The van der Waals surface area contributed by atoms with Gasteiger partial charge < -0.3 is 4.74 Å². The molecule has 0 radical (unpaired) electrons. The minimum Gasteiger partial charge on any atom is -0.465 e. The number of ether oxygens (including phenoxy) is 1. The van der Waals surface area contributed by atoms with Gasteiger partial charge in [0.1, 0.15) is 5.57 Å². The van der Waals surface area contributed by atoms with Gasteiger partial charge in [0.05, 0.1) is 7.11 Å². The molecule has 0 spiro atoms. The van der Waals surface area contributed by atoms with Crippen molar-refractivity contribution in [3.8, 4) is 0 Å². The second-order valence-electron chi connectivity index (χ2n) is 2.61. The number of ketones is 2. The van der Waals surface area contributed by atoms with E-state index in [0.29, 0.717) is 5.57 Å². The second-order valence-corrected chi connectivity index (χ2v) is 2.61. The summed E-state index contributed by atoms with van der Waals surface area (Å²) in [7, 11) is 1.16. The van der Waals surface area contributed by atoms with Crippen molar-refractivity contribution in [2.24, 2.45) is 0 Å². The smallest absolute Gasteiger partial charge is 0.341 e. The van der Waals surface area contributed by atoms with Crippen LogP contribution in [0.4, 0.5) is 0 Å². The summed E-state index contributed by atoms with van der Waals surface area (Å²) in [5.74, 6) is -1.59.